The molecule has 9 heteroatoms. The molecule has 0 atom stereocenters. The fourth-order valence-corrected chi connectivity index (χ4v) is 4.76. The number of nitrogens with one attached hydrogen (secondary N) is 1. The lowest BCUT2D eigenvalue weighted by Gasteiger charge is -2.28. The van der Waals surface area contributed by atoms with Crippen molar-refractivity contribution in [3.63, 3.8) is 0 Å². The number of carboxylic acids is 1. The number of aliphatic carboxylic acids is 1. The molecule has 1 aliphatic rings. The number of alkyl halides is 3. The molecule has 3 heterocycles. The van der Waals surface area contributed by atoms with Gasteiger partial charge in [0.1, 0.15) is 11.5 Å². The first-order chi connectivity index (χ1) is 16.8. The minimum Gasteiger partial charge on any atom is -0.481 e. The second kappa shape index (κ2) is 9.13. The Hall–Kier alpha value is -3.75. The van der Waals surface area contributed by atoms with Crippen LogP contribution in [0.2, 0.25) is 0 Å². The van der Waals surface area contributed by atoms with Gasteiger partial charge >= 0.3 is 12.1 Å². The first kappa shape index (κ1) is 23.0. The summed E-state index contributed by atoms with van der Waals surface area (Å²) < 4.78 is 38.7. The molecule has 6 nitrogen and oxygen atoms in total. The lowest BCUT2D eigenvalue weighted by Crippen LogP contribution is -2.16. The van der Waals surface area contributed by atoms with E-state index in [4.69, 9.17) is 5.11 Å². The maximum absolute atomic E-state index is 12.9. The number of hydrogen-bond acceptors (Lipinski definition) is 4. The van der Waals surface area contributed by atoms with E-state index >= 15 is 0 Å². The van der Waals surface area contributed by atoms with Crippen LogP contribution in [0.4, 0.5) is 13.2 Å². The predicted molar refractivity (Wildman–Crippen MR) is 125 cm³/mol. The molecule has 5 rings (SSSR count). The normalized spacial score (nSPS) is 18.6. The second-order valence-electron chi connectivity index (χ2n) is 9.02. The number of fused-ring (bicyclic) bond motifs is 1. The summed E-state index contributed by atoms with van der Waals surface area (Å²) in [6, 6.07) is 14.2. The van der Waals surface area contributed by atoms with Gasteiger partial charge in [0, 0.05) is 23.7 Å². The molecule has 0 aliphatic heterocycles. The van der Waals surface area contributed by atoms with Gasteiger partial charge in [-0.25, -0.2) is 9.97 Å². The SMILES string of the molecule is O=C(O)CC1CCC(c2ccc(-c3ccc(-c4nc5nc(C(F)(F)F)ccc5[nH]4)cn3)cc2)CC1. The second-order valence-corrected chi connectivity index (χ2v) is 9.02. The van der Waals surface area contributed by atoms with Crippen molar-refractivity contribution >= 4 is 17.1 Å². The third-order valence-corrected chi connectivity index (χ3v) is 6.66. The van der Waals surface area contributed by atoms with Gasteiger partial charge in [0.2, 0.25) is 0 Å². The molecule has 1 fully saturated rings. The summed E-state index contributed by atoms with van der Waals surface area (Å²) in [5, 5.41) is 8.99. The van der Waals surface area contributed by atoms with Crippen molar-refractivity contribution in [2.75, 3.05) is 0 Å². The van der Waals surface area contributed by atoms with E-state index in [0.717, 1.165) is 43.0 Å². The van der Waals surface area contributed by atoms with Crippen molar-refractivity contribution in [1.29, 1.82) is 0 Å². The number of aromatic amines is 1. The summed E-state index contributed by atoms with van der Waals surface area (Å²) in [5.41, 5.74) is 3.09. The van der Waals surface area contributed by atoms with Gasteiger partial charge in [-0.3, -0.25) is 9.78 Å². The number of imidazole rings is 1. The van der Waals surface area contributed by atoms with Crippen molar-refractivity contribution in [2.45, 2.75) is 44.2 Å². The summed E-state index contributed by atoms with van der Waals surface area (Å²) in [6.45, 7) is 0. The minimum absolute atomic E-state index is 0.00600. The Bertz CT molecular complexity index is 1340. The van der Waals surface area contributed by atoms with Crippen LogP contribution in [0.3, 0.4) is 0 Å². The zero-order valence-corrected chi connectivity index (χ0v) is 18.7. The molecule has 0 spiro atoms. The van der Waals surface area contributed by atoms with Crippen molar-refractivity contribution < 1.29 is 23.1 Å². The van der Waals surface area contributed by atoms with E-state index in [1.807, 2.05) is 24.3 Å². The number of carboxylic acid groups (broad SMARTS) is 1. The van der Waals surface area contributed by atoms with E-state index in [0.29, 0.717) is 22.8 Å². The Morgan fingerprint density at radius 3 is 2.29 bits per heavy atom. The van der Waals surface area contributed by atoms with Crippen LogP contribution in [0.15, 0.2) is 54.7 Å². The van der Waals surface area contributed by atoms with Crippen LogP contribution >= 0.6 is 0 Å². The molecular weight excluding hydrogens is 457 g/mol. The minimum atomic E-state index is -4.52. The molecular formula is C26H23F3N4O2. The van der Waals surface area contributed by atoms with Gasteiger partial charge in [-0.2, -0.15) is 13.2 Å². The highest BCUT2D eigenvalue weighted by molar-refractivity contribution is 5.76. The number of halogens is 3. The Morgan fingerprint density at radius 2 is 1.66 bits per heavy atom. The van der Waals surface area contributed by atoms with Crippen molar-refractivity contribution in [3.05, 3.63) is 66.0 Å². The summed E-state index contributed by atoms with van der Waals surface area (Å²) in [5.74, 6) is 0.410. The van der Waals surface area contributed by atoms with E-state index in [1.54, 1.807) is 6.20 Å². The smallest absolute Gasteiger partial charge is 0.433 e. The zero-order chi connectivity index (χ0) is 24.6. The number of carbonyl (C=O) groups is 1. The fraction of sp³-hybridized carbons (Fsp3) is 0.308. The standard InChI is InChI=1S/C26H23F3N4O2/c27-26(28,29)22-12-11-21-25(32-22)33-24(31-21)19-9-10-20(30-14-19)18-7-5-17(6-8-18)16-3-1-15(2-4-16)13-23(34)35/h5-12,14-16H,1-4,13H2,(H,34,35)(H,31,32,33). The first-order valence-corrected chi connectivity index (χ1v) is 11.5. The number of hydrogen-bond donors (Lipinski definition) is 2. The molecule has 3 aromatic heterocycles. The van der Waals surface area contributed by atoms with Gasteiger partial charge in [0.25, 0.3) is 0 Å². The van der Waals surface area contributed by atoms with Crippen molar-refractivity contribution in [2.24, 2.45) is 5.92 Å². The summed E-state index contributed by atoms with van der Waals surface area (Å²) >= 11 is 0. The Kier molecular flexibility index (Phi) is 6.00. The van der Waals surface area contributed by atoms with Gasteiger partial charge < -0.3 is 10.1 Å². The Balaban J connectivity index is 1.28. The van der Waals surface area contributed by atoms with Crippen LogP contribution in [-0.4, -0.2) is 31.0 Å². The van der Waals surface area contributed by atoms with Crippen LogP contribution < -0.4 is 0 Å². The van der Waals surface area contributed by atoms with Gasteiger partial charge in [-0.05, 0) is 67.3 Å². The molecule has 0 unspecified atom stereocenters. The van der Waals surface area contributed by atoms with Crippen LogP contribution in [0.5, 0.6) is 0 Å². The zero-order valence-electron chi connectivity index (χ0n) is 18.7. The molecule has 35 heavy (non-hydrogen) atoms. The maximum atomic E-state index is 12.9. The molecule has 1 aromatic carbocycles. The summed E-state index contributed by atoms with van der Waals surface area (Å²) in [6.07, 6.45) is 1.25. The monoisotopic (exact) mass is 480 g/mol. The third-order valence-electron chi connectivity index (χ3n) is 6.66. The number of nitrogens with zero attached hydrogens (tertiary/aromatic N) is 3. The molecule has 0 bridgehead atoms. The van der Waals surface area contributed by atoms with E-state index in [2.05, 4.69) is 32.1 Å². The van der Waals surface area contributed by atoms with Gasteiger partial charge in [0.15, 0.2) is 5.65 Å². The van der Waals surface area contributed by atoms with Gasteiger partial charge in [-0.1, -0.05) is 24.3 Å². The number of pyridine rings is 2. The third kappa shape index (κ3) is 5.03. The molecule has 4 aromatic rings. The van der Waals surface area contributed by atoms with Crippen LogP contribution in [0.25, 0.3) is 33.8 Å². The van der Waals surface area contributed by atoms with Gasteiger partial charge in [-0.15, -0.1) is 0 Å². The molecule has 0 saturated heterocycles. The number of H-pyrrole nitrogens is 1. The number of rotatable bonds is 5. The Morgan fingerprint density at radius 1 is 0.943 bits per heavy atom. The summed E-state index contributed by atoms with van der Waals surface area (Å²) in [4.78, 5) is 26.2. The van der Waals surface area contributed by atoms with E-state index in [1.165, 1.54) is 11.6 Å². The summed E-state index contributed by atoms with van der Waals surface area (Å²) in [7, 11) is 0. The Labute approximate surface area is 199 Å². The number of benzene rings is 1. The fourth-order valence-electron chi connectivity index (χ4n) is 4.76. The largest absolute Gasteiger partial charge is 0.481 e. The molecule has 2 N–H and O–H groups in total. The van der Waals surface area contributed by atoms with Crippen molar-refractivity contribution in [1.82, 2.24) is 19.9 Å². The predicted octanol–water partition coefficient (Wildman–Crippen LogP) is 6.45. The van der Waals surface area contributed by atoms with E-state index < -0.39 is 17.8 Å². The molecule has 1 saturated carbocycles. The highest BCUT2D eigenvalue weighted by atomic mass is 19.4. The maximum Gasteiger partial charge on any atom is 0.433 e. The average Bonchev–Trinajstić information content (AvgIpc) is 3.28. The van der Waals surface area contributed by atoms with Crippen LogP contribution in [0, 0.1) is 5.92 Å². The molecule has 180 valence electrons. The molecule has 0 radical (unpaired) electrons. The van der Waals surface area contributed by atoms with Crippen LogP contribution in [-0.2, 0) is 11.0 Å². The van der Waals surface area contributed by atoms with Crippen molar-refractivity contribution in [3.8, 4) is 22.6 Å². The first-order valence-electron chi connectivity index (χ1n) is 11.5. The topological polar surface area (TPSA) is 91.8 Å². The molecule has 1 aliphatic carbocycles. The highest BCUT2D eigenvalue weighted by Gasteiger charge is 2.33. The highest BCUT2D eigenvalue weighted by Crippen LogP contribution is 2.37. The van der Waals surface area contributed by atoms with E-state index in [9.17, 15) is 18.0 Å². The van der Waals surface area contributed by atoms with Gasteiger partial charge in [0.05, 0.1) is 11.2 Å². The number of aromatic nitrogens is 4. The van der Waals surface area contributed by atoms with Crippen LogP contribution in [0.1, 0.15) is 49.3 Å². The van der Waals surface area contributed by atoms with E-state index in [-0.39, 0.29) is 18.0 Å². The lowest BCUT2D eigenvalue weighted by molar-refractivity contribution is -0.141. The molecule has 0 amide bonds. The quantitative estimate of drug-likeness (QED) is 0.342. The lowest BCUT2D eigenvalue weighted by atomic mass is 9.77. The average molecular weight is 480 g/mol.